The molecule has 0 unspecified atom stereocenters. The van der Waals surface area contributed by atoms with E-state index in [9.17, 15) is 0 Å². The molecule has 0 radical (unpaired) electrons. The molecule has 2 aromatic carbocycles. The average molecular weight is 380 g/mol. The molecular formula is C21H24N4O3. The molecule has 1 aliphatic heterocycles. The number of nitrogens with zero attached hydrogens (tertiary/aromatic N) is 4. The van der Waals surface area contributed by atoms with E-state index < -0.39 is 0 Å². The summed E-state index contributed by atoms with van der Waals surface area (Å²) < 4.78 is 16.2. The summed E-state index contributed by atoms with van der Waals surface area (Å²) in [6.07, 6.45) is 0. The molecule has 0 amide bonds. The first kappa shape index (κ1) is 18.3. The summed E-state index contributed by atoms with van der Waals surface area (Å²) in [5.41, 5.74) is 2.06. The molecule has 2 heterocycles. The topological polar surface area (TPSA) is 63.9 Å². The van der Waals surface area contributed by atoms with E-state index in [1.807, 2.05) is 24.3 Å². The van der Waals surface area contributed by atoms with Gasteiger partial charge in [-0.1, -0.05) is 23.4 Å². The maximum atomic E-state index is 5.49. The van der Waals surface area contributed by atoms with Gasteiger partial charge in [0.05, 0.1) is 26.3 Å². The lowest BCUT2D eigenvalue weighted by Gasteiger charge is -2.35. The Balaban J connectivity index is 1.39. The van der Waals surface area contributed by atoms with Crippen LogP contribution >= 0.6 is 0 Å². The van der Waals surface area contributed by atoms with Gasteiger partial charge in [-0.05, 0) is 24.3 Å². The molecule has 146 valence electrons. The molecule has 0 bridgehead atoms. The molecule has 0 spiro atoms. The smallest absolute Gasteiger partial charge is 0.241 e. The zero-order valence-corrected chi connectivity index (χ0v) is 16.2. The van der Waals surface area contributed by atoms with Gasteiger partial charge in [0.1, 0.15) is 11.5 Å². The number of aromatic nitrogens is 2. The van der Waals surface area contributed by atoms with Crippen molar-refractivity contribution in [2.75, 3.05) is 45.3 Å². The first-order chi connectivity index (χ1) is 13.8. The van der Waals surface area contributed by atoms with Crippen molar-refractivity contribution < 1.29 is 14.0 Å². The van der Waals surface area contributed by atoms with Crippen LogP contribution < -0.4 is 14.4 Å². The predicted molar refractivity (Wildman–Crippen MR) is 107 cm³/mol. The Morgan fingerprint density at radius 3 is 2.46 bits per heavy atom. The number of piperazine rings is 1. The molecule has 0 saturated carbocycles. The minimum absolute atomic E-state index is 0.525. The van der Waals surface area contributed by atoms with E-state index in [0.29, 0.717) is 24.0 Å². The van der Waals surface area contributed by atoms with E-state index in [2.05, 4.69) is 44.2 Å². The van der Waals surface area contributed by atoms with Gasteiger partial charge in [0.15, 0.2) is 0 Å². The van der Waals surface area contributed by atoms with Crippen molar-refractivity contribution in [1.82, 2.24) is 15.0 Å². The average Bonchev–Trinajstić information content (AvgIpc) is 3.22. The van der Waals surface area contributed by atoms with Gasteiger partial charge in [0.25, 0.3) is 0 Å². The number of benzene rings is 2. The molecule has 1 saturated heterocycles. The SMILES string of the molecule is COc1ccc(-c2noc(CN3CCN(c4ccccc4)CC3)n2)c(OC)c1. The van der Waals surface area contributed by atoms with E-state index in [1.165, 1.54) is 5.69 Å². The van der Waals surface area contributed by atoms with Crippen LogP contribution in [-0.4, -0.2) is 55.4 Å². The van der Waals surface area contributed by atoms with Gasteiger partial charge in [-0.25, -0.2) is 0 Å². The highest BCUT2D eigenvalue weighted by Crippen LogP contribution is 2.31. The first-order valence-electron chi connectivity index (χ1n) is 9.34. The first-order valence-corrected chi connectivity index (χ1v) is 9.34. The van der Waals surface area contributed by atoms with Crippen molar-refractivity contribution in [3.63, 3.8) is 0 Å². The Labute approximate surface area is 164 Å². The maximum absolute atomic E-state index is 5.49. The van der Waals surface area contributed by atoms with Crippen molar-refractivity contribution >= 4 is 5.69 Å². The quantitative estimate of drug-likeness (QED) is 0.651. The van der Waals surface area contributed by atoms with Crippen LogP contribution in [0.2, 0.25) is 0 Å². The third kappa shape index (κ3) is 3.94. The summed E-state index contributed by atoms with van der Waals surface area (Å²) in [6, 6.07) is 16.1. The molecule has 7 heteroatoms. The number of para-hydroxylation sites is 1. The van der Waals surface area contributed by atoms with Gasteiger partial charge in [0, 0.05) is 37.9 Å². The fourth-order valence-electron chi connectivity index (χ4n) is 3.41. The predicted octanol–water partition coefficient (Wildman–Crippen LogP) is 3.08. The van der Waals surface area contributed by atoms with Gasteiger partial charge >= 0.3 is 0 Å². The number of methoxy groups -OCH3 is 2. The van der Waals surface area contributed by atoms with Crippen LogP contribution in [0.1, 0.15) is 5.89 Å². The van der Waals surface area contributed by atoms with Crippen LogP contribution in [0.3, 0.4) is 0 Å². The summed E-state index contributed by atoms with van der Waals surface area (Å²) in [4.78, 5) is 9.30. The molecule has 1 aliphatic rings. The van der Waals surface area contributed by atoms with Crippen LogP contribution in [0.5, 0.6) is 11.5 Å². The van der Waals surface area contributed by atoms with Crippen LogP contribution in [0.15, 0.2) is 53.1 Å². The van der Waals surface area contributed by atoms with Crippen LogP contribution in [0, 0.1) is 0 Å². The lowest BCUT2D eigenvalue weighted by molar-refractivity contribution is 0.215. The Kier molecular flexibility index (Phi) is 5.43. The molecule has 0 N–H and O–H groups in total. The van der Waals surface area contributed by atoms with E-state index in [0.717, 1.165) is 37.5 Å². The van der Waals surface area contributed by atoms with E-state index >= 15 is 0 Å². The third-order valence-corrected chi connectivity index (χ3v) is 4.97. The van der Waals surface area contributed by atoms with E-state index in [1.54, 1.807) is 14.2 Å². The second-order valence-corrected chi connectivity index (χ2v) is 6.68. The number of anilines is 1. The Hall–Kier alpha value is -3.06. The Bertz CT molecular complexity index is 905. The van der Waals surface area contributed by atoms with Crippen LogP contribution in [-0.2, 0) is 6.54 Å². The number of ether oxygens (including phenoxy) is 2. The molecular weight excluding hydrogens is 356 g/mol. The number of hydrogen-bond donors (Lipinski definition) is 0. The second-order valence-electron chi connectivity index (χ2n) is 6.68. The minimum Gasteiger partial charge on any atom is -0.497 e. The minimum atomic E-state index is 0.525. The van der Waals surface area contributed by atoms with Gasteiger partial charge in [0.2, 0.25) is 11.7 Å². The van der Waals surface area contributed by atoms with Crippen molar-refractivity contribution in [3.8, 4) is 22.9 Å². The monoisotopic (exact) mass is 380 g/mol. The van der Waals surface area contributed by atoms with Crippen molar-refractivity contribution in [2.24, 2.45) is 0 Å². The van der Waals surface area contributed by atoms with Crippen molar-refractivity contribution in [1.29, 1.82) is 0 Å². The van der Waals surface area contributed by atoms with Crippen LogP contribution in [0.4, 0.5) is 5.69 Å². The van der Waals surface area contributed by atoms with E-state index in [-0.39, 0.29) is 0 Å². The normalized spacial score (nSPS) is 14.9. The van der Waals surface area contributed by atoms with Gasteiger partial charge < -0.3 is 18.9 Å². The summed E-state index contributed by atoms with van der Waals surface area (Å²) in [6.45, 7) is 4.53. The van der Waals surface area contributed by atoms with Gasteiger partial charge in [-0.3, -0.25) is 4.90 Å². The molecule has 1 aromatic heterocycles. The molecule has 1 fully saturated rings. The maximum Gasteiger partial charge on any atom is 0.241 e. The lowest BCUT2D eigenvalue weighted by Crippen LogP contribution is -2.46. The highest BCUT2D eigenvalue weighted by atomic mass is 16.5. The van der Waals surface area contributed by atoms with Gasteiger partial charge in [-0.2, -0.15) is 4.98 Å². The number of rotatable bonds is 6. The molecule has 0 atom stereocenters. The second kappa shape index (κ2) is 8.31. The summed E-state index contributed by atoms with van der Waals surface area (Å²) in [7, 11) is 3.24. The molecule has 4 rings (SSSR count). The third-order valence-electron chi connectivity index (χ3n) is 4.97. The highest BCUT2D eigenvalue weighted by Gasteiger charge is 2.20. The zero-order chi connectivity index (χ0) is 19.3. The largest absolute Gasteiger partial charge is 0.497 e. The Morgan fingerprint density at radius 1 is 0.964 bits per heavy atom. The lowest BCUT2D eigenvalue weighted by atomic mass is 10.2. The molecule has 0 aliphatic carbocycles. The standard InChI is InChI=1S/C21H24N4O3/c1-26-17-8-9-18(19(14-17)27-2)21-22-20(28-23-21)15-24-10-12-25(13-11-24)16-6-4-3-5-7-16/h3-9,14H,10-13,15H2,1-2H3. The molecule has 28 heavy (non-hydrogen) atoms. The zero-order valence-electron chi connectivity index (χ0n) is 16.2. The van der Waals surface area contributed by atoms with Crippen molar-refractivity contribution in [3.05, 3.63) is 54.4 Å². The number of hydrogen-bond acceptors (Lipinski definition) is 7. The summed E-state index contributed by atoms with van der Waals surface area (Å²) in [5.74, 6) is 2.52. The van der Waals surface area contributed by atoms with Gasteiger partial charge in [-0.15, -0.1) is 0 Å². The van der Waals surface area contributed by atoms with Crippen LogP contribution in [0.25, 0.3) is 11.4 Å². The van der Waals surface area contributed by atoms with E-state index in [4.69, 9.17) is 14.0 Å². The highest BCUT2D eigenvalue weighted by molar-refractivity contribution is 5.65. The summed E-state index contributed by atoms with van der Waals surface area (Å²) in [5, 5.41) is 4.13. The fraction of sp³-hybridized carbons (Fsp3) is 0.333. The Morgan fingerprint density at radius 2 is 1.75 bits per heavy atom. The summed E-state index contributed by atoms with van der Waals surface area (Å²) >= 11 is 0. The fourth-order valence-corrected chi connectivity index (χ4v) is 3.41. The molecule has 3 aromatic rings. The molecule has 7 nitrogen and oxygen atoms in total. The van der Waals surface area contributed by atoms with Crippen molar-refractivity contribution in [2.45, 2.75) is 6.54 Å².